The molecule has 8 aromatic rings. The highest BCUT2D eigenvalue weighted by Crippen LogP contribution is 2.47. The zero-order valence-electron chi connectivity index (χ0n) is 23.8. The maximum Gasteiger partial charge on any atom is 0.143 e. The summed E-state index contributed by atoms with van der Waals surface area (Å²) in [5.41, 5.74) is 5.10. The van der Waals surface area contributed by atoms with E-state index in [1.54, 1.807) is 24.3 Å². The van der Waals surface area contributed by atoms with Crippen LogP contribution < -0.4 is 0 Å². The van der Waals surface area contributed by atoms with Crippen LogP contribution in [0.2, 0.25) is 0 Å². The lowest BCUT2D eigenvalue weighted by molar-refractivity contribution is 0.670. The molecule has 0 saturated carbocycles. The van der Waals surface area contributed by atoms with E-state index in [9.17, 15) is 0 Å². The maximum absolute atomic E-state index is 8.62. The fourth-order valence-electron chi connectivity index (χ4n) is 5.85. The highest BCUT2D eigenvalue weighted by molar-refractivity contribution is 6.25. The van der Waals surface area contributed by atoms with Gasteiger partial charge in [-0.25, -0.2) is 0 Å². The van der Waals surface area contributed by atoms with Crippen LogP contribution >= 0.6 is 0 Å². The van der Waals surface area contributed by atoms with Crippen LogP contribution in [0.3, 0.4) is 0 Å². The van der Waals surface area contributed by atoms with E-state index in [1.165, 1.54) is 0 Å². The fourth-order valence-corrected chi connectivity index (χ4v) is 5.85. The molecule has 0 unspecified atom stereocenters. The summed E-state index contributed by atoms with van der Waals surface area (Å²) in [5.74, 6) is 0. The first kappa shape index (κ1) is 16.7. The van der Waals surface area contributed by atoms with Crippen LogP contribution in [0, 0.1) is 0 Å². The van der Waals surface area contributed by atoms with Crippen molar-refractivity contribution in [3.63, 3.8) is 0 Å². The summed E-state index contributed by atoms with van der Waals surface area (Å²) in [6, 6.07) is 36.0. The molecular formula is C36H22O. The molecule has 1 aromatic heterocycles. The summed E-state index contributed by atoms with van der Waals surface area (Å²) < 4.78 is 40.9. The van der Waals surface area contributed by atoms with Gasteiger partial charge in [0.25, 0.3) is 0 Å². The first-order chi connectivity index (χ1) is 20.0. The van der Waals surface area contributed by atoms with Crippen molar-refractivity contribution in [3.05, 3.63) is 133 Å². The first-order valence-corrected chi connectivity index (χ1v) is 12.4. The van der Waals surface area contributed by atoms with Crippen LogP contribution in [-0.4, -0.2) is 0 Å². The number of hydrogen-bond donors (Lipinski definition) is 0. The van der Waals surface area contributed by atoms with Gasteiger partial charge in [0, 0.05) is 21.9 Å². The number of hydrogen-bond acceptors (Lipinski definition) is 1. The van der Waals surface area contributed by atoms with E-state index >= 15 is 0 Å². The van der Waals surface area contributed by atoms with Gasteiger partial charge in [0.05, 0.1) is 5.48 Å². The van der Waals surface area contributed by atoms with Gasteiger partial charge in [-0.1, -0.05) is 127 Å². The van der Waals surface area contributed by atoms with Gasteiger partial charge in [0.2, 0.25) is 0 Å². The SMILES string of the molecule is [2H]c1cc2c(-c3cccc4ccccc34)c3cc([2H])c([2H])cc3c(-c3cccc4c3oc3ccccc34)c2cc1[2H]. The van der Waals surface area contributed by atoms with Gasteiger partial charge in [-0.3, -0.25) is 0 Å². The second-order valence-electron chi connectivity index (χ2n) is 9.37. The third kappa shape index (κ3) is 2.92. The molecule has 0 bridgehead atoms. The van der Waals surface area contributed by atoms with Crippen LogP contribution in [0.5, 0.6) is 0 Å². The van der Waals surface area contributed by atoms with Gasteiger partial charge in [-0.2, -0.15) is 0 Å². The Hall–Kier alpha value is -4.88. The van der Waals surface area contributed by atoms with Crippen LogP contribution in [0.25, 0.3) is 76.5 Å². The Morgan fingerprint density at radius 2 is 0.919 bits per heavy atom. The summed E-state index contributed by atoms with van der Waals surface area (Å²) in [6.45, 7) is 0. The number of furan rings is 1. The van der Waals surface area contributed by atoms with Crippen LogP contribution in [0.1, 0.15) is 5.48 Å². The summed E-state index contributed by atoms with van der Waals surface area (Å²) in [4.78, 5) is 0. The van der Waals surface area contributed by atoms with Gasteiger partial charge in [0.15, 0.2) is 0 Å². The van der Waals surface area contributed by atoms with E-state index in [4.69, 9.17) is 9.90 Å². The summed E-state index contributed by atoms with van der Waals surface area (Å²) >= 11 is 0. The average Bonchev–Trinajstić information content (AvgIpc) is 3.37. The summed E-state index contributed by atoms with van der Waals surface area (Å²) in [6.07, 6.45) is 0. The molecule has 0 saturated heterocycles. The van der Waals surface area contributed by atoms with E-state index in [-0.39, 0.29) is 24.2 Å². The lowest BCUT2D eigenvalue weighted by Gasteiger charge is -2.18. The molecule has 0 fully saturated rings. The first-order valence-electron chi connectivity index (χ1n) is 14.4. The van der Waals surface area contributed by atoms with Crippen LogP contribution in [-0.2, 0) is 0 Å². The molecule has 172 valence electrons. The second-order valence-corrected chi connectivity index (χ2v) is 9.37. The largest absolute Gasteiger partial charge is 0.455 e. The Kier molecular flexibility index (Phi) is 3.53. The van der Waals surface area contributed by atoms with Crippen molar-refractivity contribution in [3.8, 4) is 22.3 Å². The molecule has 1 heteroatoms. The van der Waals surface area contributed by atoms with Crippen molar-refractivity contribution in [2.45, 2.75) is 0 Å². The molecule has 0 amide bonds. The van der Waals surface area contributed by atoms with E-state index in [0.717, 1.165) is 76.5 Å². The minimum absolute atomic E-state index is 0.127. The monoisotopic (exact) mass is 474 g/mol. The third-order valence-corrected chi connectivity index (χ3v) is 7.42. The highest BCUT2D eigenvalue weighted by atomic mass is 16.3. The predicted octanol–water partition coefficient (Wildman–Crippen LogP) is 10.4. The van der Waals surface area contributed by atoms with Crippen molar-refractivity contribution < 1.29 is 9.90 Å². The molecule has 7 aromatic carbocycles. The predicted molar refractivity (Wildman–Crippen MR) is 157 cm³/mol. The molecule has 0 aliphatic heterocycles. The molecule has 0 atom stereocenters. The lowest BCUT2D eigenvalue weighted by Crippen LogP contribution is -1.91. The Morgan fingerprint density at radius 3 is 1.65 bits per heavy atom. The fraction of sp³-hybridized carbons (Fsp3) is 0. The van der Waals surface area contributed by atoms with Gasteiger partial charge >= 0.3 is 0 Å². The molecule has 1 nitrogen and oxygen atoms in total. The van der Waals surface area contributed by atoms with Crippen molar-refractivity contribution >= 4 is 54.3 Å². The molecule has 0 aliphatic rings. The minimum Gasteiger partial charge on any atom is -0.455 e. The highest BCUT2D eigenvalue weighted by Gasteiger charge is 2.20. The molecular weight excluding hydrogens is 448 g/mol. The van der Waals surface area contributed by atoms with E-state index in [2.05, 4.69) is 30.3 Å². The van der Waals surface area contributed by atoms with Crippen molar-refractivity contribution in [2.75, 3.05) is 0 Å². The molecule has 0 aliphatic carbocycles. The zero-order valence-corrected chi connectivity index (χ0v) is 19.8. The molecule has 0 N–H and O–H groups in total. The van der Waals surface area contributed by atoms with E-state index in [0.29, 0.717) is 0 Å². The van der Waals surface area contributed by atoms with Crippen LogP contribution in [0.4, 0.5) is 0 Å². The van der Waals surface area contributed by atoms with Crippen LogP contribution in [0.15, 0.2) is 138 Å². The molecule has 1 heterocycles. The maximum atomic E-state index is 8.62. The van der Waals surface area contributed by atoms with Gasteiger partial charge in [0.1, 0.15) is 11.2 Å². The minimum atomic E-state index is 0.127. The zero-order chi connectivity index (χ0) is 27.8. The Bertz CT molecular complexity index is 2290. The average molecular weight is 475 g/mol. The van der Waals surface area contributed by atoms with Crippen molar-refractivity contribution in [1.29, 1.82) is 0 Å². The summed E-state index contributed by atoms with van der Waals surface area (Å²) in [5, 5.41) is 7.45. The molecule has 0 spiro atoms. The number of fused-ring (bicyclic) bond motifs is 6. The topological polar surface area (TPSA) is 13.1 Å². The molecule has 0 radical (unpaired) electrons. The second kappa shape index (κ2) is 7.81. The Labute approximate surface area is 219 Å². The third-order valence-electron chi connectivity index (χ3n) is 7.42. The molecule has 8 rings (SSSR count). The smallest absolute Gasteiger partial charge is 0.143 e. The van der Waals surface area contributed by atoms with Gasteiger partial charge in [-0.15, -0.1) is 0 Å². The van der Waals surface area contributed by atoms with Crippen molar-refractivity contribution in [1.82, 2.24) is 0 Å². The Morgan fingerprint density at radius 1 is 0.405 bits per heavy atom. The normalized spacial score (nSPS) is 13.3. The lowest BCUT2D eigenvalue weighted by atomic mass is 9.84. The van der Waals surface area contributed by atoms with E-state index < -0.39 is 0 Å². The van der Waals surface area contributed by atoms with Crippen molar-refractivity contribution in [2.24, 2.45) is 0 Å². The van der Waals surface area contributed by atoms with Gasteiger partial charge in [-0.05, 0) is 49.5 Å². The standard InChI is InChI=1S/C36H22O/c1-2-13-24-23(11-1)12-9-19-26(24)34-27-15-3-5-17-29(27)35(30-18-6-4-16-28(30)34)32-21-10-20-31-25-14-7-8-22-33(25)37-36(31)32/h1-22H/i3D,4D,5D,6D. The number of benzene rings is 7. The number of para-hydroxylation sites is 2. The number of rotatable bonds is 2. The summed E-state index contributed by atoms with van der Waals surface area (Å²) in [7, 11) is 0. The van der Waals surface area contributed by atoms with Gasteiger partial charge < -0.3 is 4.42 Å². The van der Waals surface area contributed by atoms with E-state index in [1.807, 2.05) is 54.6 Å². The molecule has 37 heavy (non-hydrogen) atoms. The Balaban J connectivity index is 1.63. The quantitative estimate of drug-likeness (QED) is 0.227.